The highest BCUT2D eigenvalue weighted by Crippen LogP contribution is 2.27. The average molecular weight is 411 g/mol. The third-order valence-corrected chi connectivity index (χ3v) is 4.49. The van der Waals surface area contributed by atoms with Crippen LogP contribution in [-0.2, 0) is 13.2 Å². The molecule has 0 atom stereocenters. The lowest BCUT2D eigenvalue weighted by Gasteiger charge is -2.09. The van der Waals surface area contributed by atoms with E-state index in [1.165, 1.54) is 0 Å². The molecule has 0 spiro atoms. The highest BCUT2D eigenvalue weighted by molar-refractivity contribution is 6.30. The fourth-order valence-electron chi connectivity index (χ4n) is 2.65. The van der Waals surface area contributed by atoms with Crippen molar-refractivity contribution in [2.45, 2.75) is 13.2 Å². The molecular formula is C23H23ClN2O3. The van der Waals surface area contributed by atoms with Crippen molar-refractivity contribution in [2.75, 3.05) is 14.2 Å². The van der Waals surface area contributed by atoms with Crippen LogP contribution in [0.5, 0.6) is 17.2 Å². The fraction of sp³-hybridized carbons (Fsp3) is 0.174. The molecule has 0 saturated heterocycles. The van der Waals surface area contributed by atoms with Crippen LogP contribution in [0.2, 0.25) is 5.02 Å². The lowest BCUT2D eigenvalue weighted by atomic mass is 10.2. The topological polar surface area (TPSA) is 52.1 Å². The summed E-state index contributed by atoms with van der Waals surface area (Å²) in [5.41, 5.74) is 6.13. The molecule has 0 saturated carbocycles. The molecule has 29 heavy (non-hydrogen) atoms. The highest BCUT2D eigenvalue weighted by Gasteiger charge is 2.03. The minimum atomic E-state index is 0.498. The molecule has 5 nitrogen and oxygen atoms in total. The summed E-state index contributed by atoms with van der Waals surface area (Å²) in [5, 5.41) is 4.99. The van der Waals surface area contributed by atoms with Gasteiger partial charge in [-0.15, -0.1) is 0 Å². The zero-order valence-corrected chi connectivity index (χ0v) is 17.1. The van der Waals surface area contributed by atoms with Crippen molar-refractivity contribution >= 4 is 17.8 Å². The van der Waals surface area contributed by atoms with Crippen molar-refractivity contribution in [1.29, 1.82) is 0 Å². The van der Waals surface area contributed by atoms with Crippen molar-refractivity contribution in [3.05, 3.63) is 88.4 Å². The number of benzene rings is 3. The van der Waals surface area contributed by atoms with Crippen molar-refractivity contribution in [1.82, 2.24) is 5.43 Å². The van der Waals surface area contributed by atoms with E-state index in [9.17, 15) is 0 Å². The first-order valence-corrected chi connectivity index (χ1v) is 9.50. The van der Waals surface area contributed by atoms with Gasteiger partial charge in [0.05, 0.1) is 27.0 Å². The maximum Gasteiger partial charge on any atom is 0.161 e. The van der Waals surface area contributed by atoms with E-state index < -0.39 is 0 Å². The van der Waals surface area contributed by atoms with Crippen LogP contribution >= 0.6 is 11.6 Å². The summed E-state index contributed by atoms with van der Waals surface area (Å²) < 4.78 is 16.3. The summed E-state index contributed by atoms with van der Waals surface area (Å²) in [6.45, 7) is 1.08. The molecule has 3 aromatic rings. The number of nitrogens with zero attached hydrogens (tertiary/aromatic N) is 1. The van der Waals surface area contributed by atoms with Crippen LogP contribution in [0, 0.1) is 0 Å². The smallest absolute Gasteiger partial charge is 0.161 e. The van der Waals surface area contributed by atoms with Gasteiger partial charge >= 0.3 is 0 Å². The van der Waals surface area contributed by atoms with E-state index in [-0.39, 0.29) is 0 Å². The van der Waals surface area contributed by atoms with Gasteiger partial charge in [0.1, 0.15) is 12.4 Å². The summed E-state index contributed by atoms with van der Waals surface area (Å²) in [6.07, 6.45) is 1.77. The lowest BCUT2D eigenvalue weighted by Crippen LogP contribution is -2.06. The molecule has 0 unspecified atom stereocenters. The zero-order valence-electron chi connectivity index (χ0n) is 16.4. The number of rotatable bonds is 9. The van der Waals surface area contributed by atoms with Gasteiger partial charge in [0, 0.05) is 5.02 Å². The van der Waals surface area contributed by atoms with Crippen molar-refractivity contribution in [2.24, 2.45) is 5.10 Å². The molecule has 0 aromatic heterocycles. The van der Waals surface area contributed by atoms with Gasteiger partial charge in [-0.1, -0.05) is 29.8 Å². The summed E-state index contributed by atoms with van der Waals surface area (Å²) >= 11 is 5.89. The summed E-state index contributed by atoms with van der Waals surface area (Å²) in [4.78, 5) is 0. The predicted molar refractivity (Wildman–Crippen MR) is 116 cm³/mol. The van der Waals surface area contributed by atoms with Gasteiger partial charge in [-0.25, -0.2) is 0 Å². The third kappa shape index (κ3) is 6.16. The van der Waals surface area contributed by atoms with Gasteiger partial charge in [0.15, 0.2) is 11.5 Å². The standard InChI is InChI=1S/C23H23ClN2O3/c1-27-22-12-7-19(13-23(22)28-2)15-26-25-14-17-5-10-21(11-6-17)29-16-18-3-8-20(24)9-4-18/h3-14,26H,15-16H2,1-2H3/b25-14-. The molecule has 6 heteroatoms. The first-order valence-electron chi connectivity index (χ1n) is 9.12. The van der Waals surface area contributed by atoms with Crippen molar-refractivity contribution in [3.8, 4) is 17.2 Å². The number of methoxy groups -OCH3 is 2. The van der Waals surface area contributed by atoms with Crippen molar-refractivity contribution < 1.29 is 14.2 Å². The van der Waals surface area contributed by atoms with Crippen LogP contribution < -0.4 is 19.6 Å². The molecule has 0 heterocycles. The molecule has 3 aromatic carbocycles. The van der Waals surface area contributed by atoms with Crippen LogP contribution in [0.3, 0.4) is 0 Å². The minimum absolute atomic E-state index is 0.498. The molecule has 0 aliphatic carbocycles. The van der Waals surface area contributed by atoms with Crippen LogP contribution in [0.1, 0.15) is 16.7 Å². The largest absolute Gasteiger partial charge is 0.493 e. The first kappa shape index (κ1) is 20.6. The number of hydrogen-bond donors (Lipinski definition) is 1. The fourth-order valence-corrected chi connectivity index (χ4v) is 2.77. The maximum atomic E-state index is 5.89. The molecule has 150 valence electrons. The normalized spacial score (nSPS) is 10.7. The van der Waals surface area contributed by atoms with Crippen molar-refractivity contribution in [3.63, 3.8) is 0 Å². The van der Waals surface area contributed by atoms with E-state index in [1.807, 2.05) is 66.7 Å². The monoisotopic (exact) mass is 410 g/mol. The molecular weight excluding hydrogens is 388 g/mol. The molecule has 3 rings (SSSR count). The molecule has 0 aliphatic rings. The number of hydrogen-bond acceptors (Lipinski definition) is 5. The Morgan fingerprint density at radius 1 is 0.862 bits per heavy atom. The Labute approximate surface area is 175 Å². The van der Waals surface area contributed by atoms with E-state index in [0.717, 1.165) is 27.5 Å². The maximum absolute atomic E-state index is 5.89. The summed E-state index contributed by atoms with van der Waals surface area (Å²) in [6, 6.07) is 21.1. The van der Waals surface area contributed by atoms with Crippen LogP contribution in [-0.4, -0.2) is 20.4 Å². The van der Waals surface area contributed by atoms with E-state index in [2.05, 4.69) is 10.5 Å². The summed E-state index contributed by atoms with van der Waals surface area (Å²) in [5.74, 6) is 2.21. The molecule has 0 bridgehead atoms. The second-order valence-corrected chi connectivity index (χ2v) is 6.70. The van der Waals surface area contributed by atoms with Gasteiger partial charge in [-0.2, -0.15) is 5.10 Å². The van der Waals surface area contributed by atoms with E-state index in [1.54, 1.807) is 20.4 Å². The second-order valence-electron chi connectivity index (χ2n) is 6.27. The lowest BCUT2D eigenvalue weighted by molar-refractivity contribution is 0.306. The Morgan fingerprint density at radius 3 is 2.24 bits per heavy atom. The van der Waals surface area contributed by atoms with E-state index >= 15 is 0 Å². The highest BCUT2D eigenvalue weighted by atomic mass is 35.5. The van der Waals surface area contributed by atoms with Gasteiger partial charge < -0.3 is 19.6 Å². The Balaban J connectivity index is 1.48. The number of halogens is 1. The van der Waals surface area contributed by atoms with Crippen LogP contribution in [0.4, 0.5) is 0 Å². The summed E-state index contributed by atoms with van der Waals surface area (Å²) in [7, 11) is 3.24. The molecule has 0 amide bonds. The number of nitrogens with one attached hydrogen (secondary N) is 1. The van der Waals surface area contributed by atoms with Gasteiger partial charge in [-0.3, -0.25) is 0 Å². The Hall–Kier alpha value is -3.18. The number of hydrazone groups is 1. The van der Waals surface area contributed by atoms with Gasteiger partial charge in [-0.05, 0) is 65.2 Å². The van der Waals surface area contributed by atoms with E-state index in [0.29, 0.717) is 24.7 Å². The molecule has 0 radical (unpaired) electrons. The Bertz CT molecular complexity index is 941. The van der Waals surface area contributed by atoms with Gasteiger partial charge in [0.25, 0.3) is 0 Å². The Kier molecular flexibility index (Phi) is 7.36. The zero-order chi connectivity index (χ0) is 20.5. The molecule has 1 N–H and O–H groups in total. The van der Waals surface area contributed by atoms with Crippen LogP contribution in [0.25, 0.3) is 0 Å². The third-order valence-electron chi connectivity index (χ3n) is 4.23. The predicted octanol–water partition coefficient (Wildman–Crippen LogP) is 5.06. The SMILES string of the molecule is COc1ccc(CN/N=C\c2ccc(OCc3ccc(Cl)cc3)cc2)cc1OC. The Morgan fingerprint density at radius 2 is 1.55 bits per heavy atom. The van der Waals surface area contributed by atoms with Gasteiger partial charge in [0.2, 0.25) is 0 Å². The molecule has 0 fully saturated rings. The molecule has 0 aliphatic heterocycles. The number of ether oxygens (including phenoxy) is 3. The minimum Gasteiger partial charge on any atom is -0.493 e. The first-order chi connectivity index (χ1) is 14.2. The quantitative estimate of drug-likeness (QED) is 0.395. The van der Waals surface area contributed by atoms with E-state index in [4.69, 9.17) is 25.8 Å². The second kappa shape index (κ2) is 10.4. The van der Waals surface area contributed by atoms with Crippen LogP contribution in [0.15, 0.2) is 71.8 Å². The average Bonchev–Trinajstić information content (AvgIpc) is 2.77.